The average Bonchev–Trinajstić information content (AvgIpc) is 2.83. The van der Waals surface area contributed by atoms with Gasteiger partial charge >= 0.3 is 6.16 Å². The van der Waals surface area contributed by atoms with E-state index in [0.29, 0.717) is 16.8 Å². The molecule has 0 heterocycles. The molecule has 2 N–H and O–H groups in total. The fraction of sp³-hybridized carbons (Fsp3) is 0.115. The Labute approximate surface area is 196 Å². The molecule has 0 aromatic heterocycles. The van der Waals surface area contributed by atoms with Crippen molar-refractivity contribution in [2.75, 3.05) is 11.9 Å². The smallest absolute Gasteiger partial charge is 0.434 e. The first kappa shape index (κ1) is 24.2. The van der Waals surface area contributed by atoms with Crippen LogP contribution in [0, 0.1) is 5.82 Å². The van der Waals surface area contributed by atoms with Gasteiger partial charge in [-0.25, -0.2) is 9.18 Å². The molecule has 2 amide bonds. The summed E-state index contributed by atoms with van der Waals surface area (Å²) in [6.07, 6.45) is 2.14. The SMILES string of the molecule is CCOC(=O)Oc1ccc(C(=O)NCc2cccc(NC(=O)/C=C/c3ccc(F)cc3)c2)cc1. The molecular weight excluding hydrogens is 439 g/mol. The normalized spacial score (nSPS) is 10.5. The van der Waals surface area contributed by atoms with Crippen molar-refractivity contribution in [3.05, 3.63) is 101 Å². The minimum Gasteiger partial charge on any atom is -0.434 e. The van der Waals surface area contributed by atoms with Gasteiger partial charge in [0.2, 0.25) is 5.91 Å². The van der Waals surface area contributed by atoms with E-state index in [1.54, 1.807) is 43.3 Å². The third kappa shape index (κ3) is 7.59. The standard InChI is InChI=1S/C26H23FN2O5/c1-2-33-26(32)34-23-13-9-20(10-14-23)25(31)28-17-19-4-3-5-22(16-19)29-24(30)15-8-18-6-11-21(27)12-7-18/h3-16H,2,17H2,1H3,(H,28,31)(H,29,30)/b15-8+. The summed E-state index contributed by atoms with van der Waals surface area (Å²) in [5.41, 5.74) is 2.46. The van der Waals surface area contributed by atoms with Crippen molar-refractivity contribution in [1.29, 1.82) is 0 Å². The Bertz CT molecular complexity index is 1170. The fourth-order valence-corrected chi connectivity index (χ4v) is 2.89. The van der Waals surface area contributed by atoms with Crippen molar-refractivity contribution in [3.63, 3.8) is 0 Å². The summed E-state index contributed by atoms with van der Waals surface area (Å²) in [6, 6.07) is 18.9. The molecule has 0 bridgehead atoms. The number of rotatable bonds is 8. The first-order valence-electron chi connectivity index (χ1n) is 10.5. The van der Waals surface area contributed by atoms with Gasteiger partial charge in [-0.05, 0) is 72.7 Å². The zero-order chi connectivity index (χ0) is 24.3. The molecular formula is C26H23FN2O5. The number of amides is 2. The molecule has 0 spiro atoms. The van der Waals surface area contributed by atoms with Gasteiger partial charge in [0.1, 0.15) is 11.6 Å². The molecule has 3 rings (SSSR count). The number of hydrogen-bond acceptors (Lipinski definition) is 5. The summed E-state index contributed by atoms with van der Waals surface area (Å²) in [5.74, 6) is -0.715. The van der Waals surface area contributed by atoms with Crippen LogP contribution in [0.3, 0.4) is 0 Å². The number of carbonyl (C=O) groups is 3. The summed E-state index contributed by atoms with van der Waals surface area (Å²) in [5, 5.41) is 5.55. The Balaban J connectivity index is 1.51. The molecule has 0 aliphatic rings. The van der Waals surface area contributed by atoms with E-state index in [2.05, 4.69) is 10.6 Å². The van der Waals surface area contributed by atoms with Gasteiger partial charge in [0.25, 0.3) is 5.91 Å². The predicted molar refractivity (Wildman–Crippen MR) is 126 cm³/mol. The number of ether oxygens (including phenoxy) is 2. The van der Waals surface area contributed by atoms with Crippen LogP contribution in [0.4, 0.5) is 14.9 Å². The molecule has 3 aromatic rings. The van der Waals surface area contributed by atoms with Gasteiger partial charge in [-0.2, -0.15) is 0 Å². The largest absolute Gasteiger partial charge is 0.513 e. The molecule has 0 aliphatic heterocycles. The van der Waals surface area contributed by atoms with Crippen LogP contribution >= 0.6 is 0 Å². The van der Waals surface area contributed by atoms with Gasteiger partial charge in [0, 0.05) is 23.9 Å². The van der Waals surface area contributed by atoms with Crippen LogP contribution in [-0.4, -0.2) is 24.6 Å². The fourth-order valence-electron chi connectivity index (χ4n) is 2.89. The Hall–Kier alpha value is -4.46. The zero-order valence-corrected chi connectivity index (χ0v) is 18.4. The second-order valence-electron chi connectivity index (χ2n) is 7.07. The Morgan fingerprint density at radius 3 is 2.41 bits per heavy atom. The number of carbonyl (C=O) groups excluding carboxylic acids is 3. The van der Waals surface area contributed by atoms with Crippen molar-refractivity contribution in [2.45, 2.75) is 13.5 Å². The van der Waals surface area contributed by atoms with Crippen molar-refractivity contribution in [1.82, 2.24) is 5.32 Å². The van der Waals surface area contributed by atoms with Gasteiger partial charge < -0.3 is 20.1 Å². The Kier molecular flexibility index (Phi) is 8.51. The van der Waals surface area contributed by atoms with Crippen molar-refractivity contribution >= 4 is 29.7 Å². The van der Waals surface area contributed by atoms with E-state index >= 15 is 0 Å². The van der Waals surface area contributed by atoms with E-state index in [4.69, 9.17) is 9.47 Å². The summed E-state index contributed by atoms with van der Waals surface area (Å²) in [6.45, 7) is 2.12. The minimum absolute atomic E-state index is 0.205. The van der Waals surface area contributed by atoms with E-state index in [9.17, 15) is 18.8 Å². The highest BCUT2D eigenvalue weighted by molar-refractivity contribution is 6.02. The van der Waals surface area contributed by atoms with Crippen molar-refractivity contribution < 1.29 is 28.2 Å². The maximum Gasteiger partial charge on any atom is 0.513 e. The molecule has 3 aromatic carbocycles. The second-order valence-corrected chi connectivity index (χ2v) is 7.07. The lowest BCUT2D eigenvalue weighted by atomic mass is 10.1. The highest BCUT2D eigenvalue weighted by Gasteiger charge is 2.09. The molecule has 0 saturated heterocycles. The summed E-state index contributed by atoms with van der Waals surface area (Å²) >= 11 is 0. The van der Waals surface area contributed by atoms with Crippen LogP contribution in [0.15, 0.2) is 78.9 Å². The van der Waals surface area contributed by atoms with Crippen LogP contribution in [0.25, 0.3) is 6.08 Å². The third-order valence-corrected chi connectivity index (χ3v) is 4.52. The van der Waals surface area contributed by atoms with Crippen LogP contribution in [0.1, 0.15) is 28.4 Å². The van der Waals surface area contributed by atoms with Crippen molar-refractivity contribution in [3.8, 4) is 5.75 Å². The molecule has 0 radical (unpaired) electrons. The maximum absolute atomic E-state index is 13.0. The number of benzene rings is 3. The lowest BCUT2D eigenvalue weighted by Gasteiger charge is -2.09. The predicted octanol–water partition coefficient (Wildman–Crippen LogP) is 4.94. The number of nitrogens with one attached hydrogen (secondary N) is 2. The van der Waals surface area contributed by atoms with E-state index in [0.717, 1.165) is 5.56 Å². The summed E-state index contributed by atoms with van der Waals surface area (Å²) < 4.78 is 22.6. The average molecular weight is 462 g/mol. The first-order valence-corrected chi connectivity index (χ1v) is 10.5. The molecule has 0 atom stereocenters. The molecule has 7 nitrogen and oxygen atoms in total. The van der Waals surface area contributed by atoms with Crippen LogP contribution in [0.5, 0.6) is 5.75 Å². The maximum atomic E-state index is 13.0. The summed E-state index contributed by atoms with van der Waals surface area (Å²) in [7, 11) is 0. The monoisotopic (exact) mass is 462 g/mol. The van der Waals surface area contributed by atoms with Crippen LogP contribution < -0.4 is 15.4 Å². The molecule has 0 fully saturated rings. The molecule has 8 heteroatoms. The topological polar surface area (TPSA) is 93.7 Å². The number of anilines is 1. The lowest BCUT2D eigenvalue weighted by molar-refractivity contribution is -0.111. The molecule has 174 valence electrons. The van der Waals surface area contributed by atoms with Gasteiger partial charge in [-0.15, -0.1) is 0 Å². The Morgan fingerprint density at radius 2 is 1.71 bits per heavy atom. The quantitative estimate of drug-likeness (QED) is 0.281. The first-order chi connectivity index (χ1) is 16.4. The third-order valence-electron chi connectivity index (χ3n) is 4.52. The minimum atomic E-state index is -0.808. The Morgan fingerprint density at radius 1 is 0.971 bits per heavy atom. The van der Waals surface area contributed by atoms with Crippen LogP contribution in [0.2, 0.25) is 0 Å². The molecule has 34 heavy (non-hydrogen) atoms. The van der Waals surface area contributed by atoms with E-state index in [-0.39, 0.29) is 36.5 Å². The van der Waals surface area contributed by atoms with E-state index in [1.807, 2.05) is 6.07 Å². The highest BCUT2D eigenvalue weighted by Crippen LogP contribution is 2.14. The highest BCUT2D eigenvalue weighted by atomic mass is 19.1. The number of halogens is 1. The molecule has 0 aliphatic carbocycles. The van der Waals surface area contributed by atoms with Crippen molar-refractivity contribution in [2.24, 2.45) is 0 Å². The number of hydrogen-bond donors (Lipinski definition) is 2. The van der Waals surface area contributed by atoms with Gasteiger partial charge in [-0.1, -0.05) is 24.3 Å². The summed E-state index contributed by atoms with van der Waals surface area (Å²) in [4.78, 5) is 35.9. The van der Waals surface area contributed by atoms with Gasteiger partial charge in [0.05, 0.1) is 6.61 Å². The van der Waals surface area contributed by atoms with Crippen LogP contribution in [-0.2, 0) is 16.1 Å². The van der Waals surface area contributed by atoms with Gasteiger partial charge in [0.15, 0.2) is 0 Å². The zero-order valence-electron chi connectivity index (χ0n) is 18.4. The molecule has 0 saturated carbocycles. The molecule has 0 unspecified atom stereocenters. The second kappa shape index (κ2) is 12.0. The van der Waals surface area contributed by atoms with E-state index < -0.39 is 6.16 Å². The lowest BCUT2D eigenvalue weighted by Crippen LogP contribution is -2.22. The van der Waals surface area contributed by atoms with Gasteiger partial charge in [-0.3, -0.25) is 9.59 Å². The van der Waals surface area contributed by atoms with E-state index in [1.165, 1.54) is 42.5 Å².